The third-order valence-corrected chi connectivity index (χ3v) is 3.56. The van der Waals surface area contributed by atoms with Gasteiger partial charge in [0, 0.05) is 6.54 Å². The van der Waals surface area contributed by atoms with Gasteiger partial charge in [-0.05, 0) is 36.3 Å². The predicted octanol–water partition coefficient (Wildman–Crippen LogP) is 3.79. The zero-order valence-corrected chi connectivity index (χ0v) is 13.4. The average molecular weight is 279 g/mol. The highest BCUT2D eigenvalue weighted by molar-refractivity contribution is 5.53. The molecule has 1 aromatic rings. The third kappa shape index (κ3) is 4.91. The Labute approximate surface area is 123 Å². The lowest BCUT2D eigenvalue weighted by Gasteiger charge is -2.25. The van der Waals surface area contributed by atoms with Gasteiger partial charge in [-0.1, -0.05) is 34.6 Å². The summed E-state index contributed by atoms with van der Waals surface area (Å²) in [7, 11) is 0. The van der Waals surface area contributed by atoms with E-state index in [1.807, 2.05) is 12.1 Å². The highest BCUT2D eigenvalue weighted by Crippen LogP contribution is 2.24. The molecule has 0 atom stereocenters. The Morgan fingerprint density at radius 1 is 1.20 bits per heavy atom. The lowest BCUT2D eigenvalue weighted by Crippen LogP contribution is -2.24. The molecular formula is C16H29N3O. The van der Waals surface area contributed by atoms with Gasteiger partial charge in [0.25, 0.3) is 0 Å². The number of ether oxygens (including phenoxy) is 1. The summed E-state index contributed by atoms with van der Waals surface area (Å²) in [4.78, 5) is 4.44. The standard InChI is InChI=1S/C16H29N3O/c1-6-9-20-16-14(17)7-8-15(19-16)18-10-13(11(2)3)12(4)5/h7-8,11-13H,6,9-10,17H2,1-5H3,(H,18,19). The van der Waals surface area contributed by atoms with E-state index < -0.39 is 0 Å². The molecule has 0 aliphatic rings. The van der Waals surface area contributed by atoms with Crippen LogP contribution in [0.5, 0.6) is 5.88 Å². The van der Waals surface area contributed by atoms with E-state index in [2.05, 4.69) is 44.9 Å². The second-order valence-electron chi connectivity index (χ2n) is 5.97. The molecule has 0 radical (unpaired) electrons. The van der Waals surface area contributed by atoms with Crippen molar-refractivity contribution in [3.63, 3.8) is 0 Å². The molecule has 1 aromatic heterocycles. The van der Waals surface area contributed by atoms with E-state index in [0.717, 1.165) is 18.8 Å². The smallest absolute Gasteiger partial charge is 0.239 e. The largest absolute Gasteiger partial charge is 0.476 e. The Kier molecular flexibility index (Phi) is 6.62. The second-order valence-corrected chi connectivity index (χ2v) is 5.97. The molecule has 0 fully saturated rings. The molecule has 0 amide bonds. The van der Waals surface area contributed by atoms with E-state index in [9.17, 15) is 0 Å². The van der Waals surface area contributed by atoms with Crippen molar-refractivity contribution in [2.45, 2.75) is 41.0 Å². The molecule has 0 unspecified atom stereocenters. The summed E-state index contributed by atoms with van der Waals surface area (Å²) in [6, 6.07) is 3.76. The normalized spacial score (nSPS) is 11.4. The molecule has 114 valence electrons. The van der Waals surface area contributed by atoms with Gasteiger partial charge in [-0.25, -0.2) is 0 Å². The first kappa shape index (κ1) is 16.6. The van der Waals surface area contributed by atoms with Gasteiger partial charge in [0.1, 0.15) is 5.82 Å². The van der Waals surface area contributed by atoms with Crippen LogP contribution in [0.4, 0.5) is 11.5 Å². The zero-order chi connectivity index (χ0) is 15.1. The van der Waals surface area contributed by atoms with Crippen LogP contribution >= 0.6 is 0 Å². The first-order chi connectivity index (χ1) is 9.45. The number of aromatic nitrogens is 1. The summed E-state index contributed by atoms with van der Waals surface area (Å²) in [5.41, 5.74) is 6.46. The van der Waals surface area contributed by atoms with Crippen LogP contribution < -0.4 is 15.8 Å². The molecule has 0 aliphatic heterocycles. The van der Waals surface area contributed by atoms with Crippen molar-refractivity contribution < 1.29 is 4.74 Å². The Morgan fingerprint density at radius 3 is 2.40 bits per heavy atom. The molecule has 1 heterocycles. The maximum absolute atomic E-state index is 5.87. The third-order valence-electron chi connectivity index (χ3n) is 3.56. The molecule has 1 rings (SSSR count). The highest BCUT2D eigenvalue weighted by Gasteiger charge is 2.17. The minimum atomic E-state index is 0.530. The molecular weight excluding hydrogens is 250 g/mol. The van der Waals surface area contributed by atoms with Crippen molar-refractivity contribution in [2.24, 2.45) is 17.8 Å². The summed E-state index contributed by atoms with van der Waals surface area (Å²) in [6.45, 7) is 12.7. The van der Waals surface area contributed by atoms with Crippen molar-refractivity contribution >= 4 is 11.5 Å². The van der Waals surface area contributed by atoms with Gasteiger partial charge in [-0.3, -0.25) is 0 Å². The molecule has 4 nitrogen and oxygen atoms in total. The molecule has 0 aromatic carbocycles. The summed E-state index contributed by atoms with van der Waals surface area (Å²) >= 11 is 0. The number of nitrogen functional groups attached to an aromatic ring is 1. The van der Waals surface area contributed by atoms with E-state index in [1.54, 1.807) is 0 Å². The maximum atomic E-state index is 5.87. The van der Waals surface area contributed by atoms with Crippen LogP contribution in [0.1, 0.15) is 41.0 Å². The molecule has 0 saturated heterocycles. The molecule has 0 aliphatic carbocycles. The van der Waals surface area contributed by atoms with Gasteiger partial charge in [0.2, 0.25) is 5.88 Å². The van der Waals surface area contributed by atoms with Crippen LogP contribution in [0, 0.1) is 17.8 Å². The second kappa shape index (κ2) is 7.98. The van der Waals surface area contributed by atoms with Gasteiger partial charge in [0.15, 0.2) is 0 Å². The SMILES string of the molecule is CCCOc1nc(NCC(C(C)C)C(C)C)ccc1N. The minimum absolute atomic E-state index is 0.530. The fourth-order valence-electron chi connectivity index (χ4n) is 2.33. The number of nitrogens with two attached hydrogens (primary N) is 1. The average Bonchev–Trinajstić information content (AvgIpc) is 2.38. The van der Waals surface area contributed by atoms with E-state index >= 15 is 0 Å². The maximum Gasteiger partial charge on any atom is 0.239 e. The lowest BCUT2D eigenvalue weighted by atomic mass is 9.85. The molecule has 0 saturated carbocycles. The van der Waals surface area contributed by atoms with Crippen molar-refractivity contribution in [3.05, 3.63) is 12.1 Å². The van der Waals surface area contributed by atoms with Crippen molar-refractivity contribution in [1.82, 2.24) is 4.98 Å². The van der Waals surface area contributed by atoms with E-state index in [1.165, 1.54) is 0 Å². The van der Waals surface area contributed by atoms with Gasteiger partial charge >= 0.3 is 0 Å². The summed E-state index contributed by atoms with van der Waals surface area (Å²) in [6.07, 6.45) is 0.946. The van der Waals surface area contributed by atoms with Crippen molar-refractivity contribution in [1.29, 1.82) is 0 Å². The molecule has 20 heavy (non-hydrogen) atoms. The fourth-order valence-corrected chi connectivity index (χ4v) is 2.33. The van der Waals surface area contributed by atoms with Gasteiger partial charge in [0.05, 0.1) is 12.3 Å². The molecule has 3 N–H and O–H groups in total. The van der Waals surface area contributed by atoms with Crippen molar-refractivity contribution in [2.75, 3.05) is 24.2 Å². The fraction of sp³-hybridized carbons (Fsp3) is 0.688. The number of rotatable bonds is 8. The van der Waals surface area contributed by atoms with Crippen LogP contribution in [0.3, 0.4) is 0 Å². The van der Waals surface area contributed by atoms with Gasteiger partial charge < -0.3 is 15.8 Å². The van der Waals surface area contributed by atoms with Gasteiger partial charge in [-0.15, -0.1) is 0 Å². The van der Waals surface area contributed by atoms with Crippen LogP contribution in [-0.2, 0) is 0 Å². The summed E-state index contributed by atoms with van der Waals surface area (Å²) < 4.78 is 5.55. The van der Waals surface area contributed by atoms with Crippen LogP contribution in [-0.4, -0.2) is 18.1 Å². The topological polar surface area (TPSA) is 60.2 Å². The molecule has 0 bridgehead atoms. The monoisotopic (exact) mass is 279 g/mol. The zero-order valence-electron chi connectivity index (χ0n) is 13.4. The van der Waals surface area contributed by atoms with E-state index in [-0.39, 0.29) is 0 Å². The Hall–Kier alpha value is -1.45. The van der Waals surface area contributed by atoms with Crippen LogP contribution in [0.2, 0.25) is 0 Å². The quantitative estimate of drug-likeness (QED) is 0.760. The van der Waals surface area contributed by atoms with Gasteiger partial charge in [-0.2, -0.15) is 4.98 Å². The van der Waals surface area contributed by atoms with Crippen LogP contribution in [0.25, 0.3) is 0 Å². The Balaban J connectivity index is 2.68. The number of nitrogens with zero attached hydrogens (tertiary/aromatic N) is 1. The lowest BCUT2D eigenvalue weighted by molar-refractivity contribution is 0.302. The number of anilines is 2. The number of hydrogen-bond acceptors (Lipinski definition) is 4. The number of hydrogen-bond donors (Lipinski definition) is 2. The molecule has 4 heteroatoms. The first-order valence-corrected chi connectivity index (χ1v) is 7.58. The summed E-state index contributed by atoms with van der Waals surface area (Å²) in [5.74, 6) is 3.27. The first-order valence-electron chi connectivity index (χ1n) is 7.58. The van der Waals surface area contributed by atoms with E-state index in [4.69, 9.17) is 10.5 Å². The highest BCUT2D eigenvalue weighted by atomic mass is 16.5. The number of nitrogens with one attached hydrogen (secondary N) is 1. The predicted molar refractivity (Wildman–Crippen MR) is 86.1 cm³/mol. The van der Waals surface area contributed by atoms with E-state index in [0.29, 0.717) is 35.9 Å². The van der Waals surface area contributed by atoms with Crippen molar-refractivity contribution in [3.8, 4) is 5.88 Å². The Morgan fingerprint density at radius 2 is 1.85 bits per heavy atom. The summed E-state index contributed by atoms with van der Waals surface area (Å²) in [5, 5.41) is 3.40. The Bertz CT molecular complexity index is 397. The number of pyridine rings is 1. The molecule has 0 spiro atoms. The minimum Gasteiger partial charge on any atom is -0.476 e. The van der Waals surface area contributed by atoms with Crippen LogP contribution in [0.15, 0.2) is 12.1 Å².